The number of imidazole rings is 1. The van der Waals surface area contributed by atoms with Gasteiger partial charge in [-0.3, -0.25) is 14.1 Å². The van der Waals surface area contributed by atoms with Crippen LogP contribution in [0.25, 0.3) is 54.3 Å². The molecule has 224 valence electrons. The molecular weight excluding hydrogens is 598 g/mol. The van der Waals surface area contributed by atoms with Crippen molar-refractivity contribution in [3.63, 3.8) is 0 Å². The van der Waals surface area contributed by atoms with E-state index in [4.69, 9.17) is 21.3 Å². The maximum atomic E-state index is 12.6. The number of carboxylic acids is 1. The molecule has 4 aromatic heterocycles. The van der Waals surface area contributed by atoms with Crippen LogP contribution >= 0.6 is 22.9 Å². The Labute approximate surface area is 262 Å². The summed E-state index contributed by atoms with van der Waals surface area (Å²) >= 11 is 7.71. The van der Waals surface area contributed by atoms with Crippen molar-refractivity contribution in [3.05, 3.63) is 87.6 Å². The van der Waals surface area contributed by atoms with Crippen molar-refractivity contribution >= 4 is 50.3 Å². The predicted molar refractivity (Wildman–Crippen MR) is 174 cm³/mol. The molecular formula is C33H30ClN5O4S. The minimum Gasteiger partial charge on any atom is -0.479 e. The molecule has 2 aromatic carbocycles. The highest BCUT2D eigenvalue weighted by Crippen LogP contribution is 2.44. The van der Waals surface area contributed by atoms with Crippen molar-refractivity contribution in [2.24, 2.45) is 14.1 Å². The fraction of sp³-hybridized carbons (Fsp3) is 0.242. The molecule has 9 nitrogen and oxygen atoms in total. The number of thiazole rings is 1. The summed E-state index contributed by atoms with van der Waals surface area (Å²) < 4.78 is 10.0. The Hall–Kier alpha value is -4.38. The van der Waals surface area contributed by atoms with Gasteiger partial charge >= 0.3 is 11.7 Å². The second-order valence-corrected chi connectivity index (χ2v) is 13.1. The highest BCUT2D eigenvalue weighted by molar-refractivity contribution is 7.22. The molecule has 0 saturated heterocycles. The van der Waals surface area contributed by atoms with Crippen LogP contribution in [-0.2, 0) is 23.6 Å². The van der Waals surface area contributed by atoms with Gasteiger partial charge in [0.05, 0.1) is 27.0 Å². The topological polar surface area (TPSA) is 112 Å². The predicted octanol–water partition coefficient (Wildman–Crippen LogP) is 7.18. The van der Waals surface area contributed by atoms with Crippen LogP contribution in [0.15, 0.2) is 65.7 Å². The Balaban J connectivity index is 1.53. The Bertz CT molecular complexity index is 2140. The third-order valence-electron chi connectivity index (χ3n) is 7.42. The molecule has 0 aliphatic heterocycles. The van der Waals surface area contributed by atoms with Crippen LogP contribution < -0.4 is 5.69 Å². The third-order valence-corrected chi connectivity index (χ3v) is 8.81. The number of carbonyl (C=O) groups is 1. The van der Waals surface area contributed by atoms with Gasteiger partial charge in [0.2, 0.25) is 0 Å². The van der Waals surface area contributed by atoms with Gasteiger partial charge in [-0.05, 0) is 75.2 Å². The quantitative estimate of drug-likeness (QED) is 0.208. The zero-order chi connectivity index (χ0) is 31.5. The highest BCUT2D eigenvalue weighted by Gasteiger charge is 2.32. The molecule has 44 heavy (non-hydrogen) atoms. The number of aryl methyl sites for hydroxylation is 3. The number of rotatable bonds is 6. The zero-order valence-corrected chi connectivity index (χ0v) is 26.6. The van der Waals surface area contributed by atoms with Crippen molar-refractivity contribution in [1.82, 2.24) is 24.1 Å². The van der Waals surface area contributed by atoms with Crippen LogP contribution in [-0.4, -0.2) is 40.8 Å². The lowest BCUT2D eigenvalue weighted by molar-refractivity contribution is -0.160. The number of halogens is 1. The molecule has 0 aliphatic carbocycles. The van der Waals surface area contributed by atoms with Gasteiger partial charge in [0, 0.05) is 53.8 Å². The number of ether oxygens (including phenoxy) is 1. The Morgan fingerprint density at radius 1 is 1.00 bits per heavy atom. The fourth-order valence-corrected chi connectivity index (χ4v) is 6.64. The zero-order valence-electron chi connectivity index (χ0n) is 25.0. The number of fused-ring (bicyclic) bond motifs is 2. The number of hydrogen-bond acceptors (Lipinski definition) is 7. The van der Waals surface area contributed by atoms with Crippen LogP contribution in [0, 0.1) is 6.92 Å². The summed E-state index contributed by atoms with van der Waals surface area (Å²) in [4.78, 5) is 39.2. The van der Waals surface area contributed by atoms with Gasteiger partial charge in [0.1, 0.15) is 5.01 Å². The Kier molecular flexibility index (Phi) is 7.39. The number of nitrogens with zero attached hydrogens (tertiary/aromatic N) is 5. The number of benzene rings is 2. The van der Waals surface area contributed by atoms with Crippen molar-refractivity contribution in [1.29, 1.82) is 0 Å². The monoisotopic (exact) mass is 627 g/mol. The van der Waals surface area contributed by atoms with Gasteiger partial charge < -0.3 is 9.84 Å². The minimum absolute atomic E-state index is 0.148. The van der Waals surface area contributed by atoms with E-state index in [0.29, 0.717) is 27.4 Å². The van der Waals surface area contributed by atoms with Gasteiger partial charge in [-0.15, -0.1) is 11.3 Å². The van der Waals surface area contributed by atoms with Gasteiger partial charge in [0.25, 0.3) is 0 Å². The molecule has 11 heteroatoms. The molecule has 6 rings (SSSR count). The Morgan fingerprint density at radius 3 is 2.41 bits per heavy atom. The minimum atomic E-state index is -1.19. The van der Waals surface area contributed by atoms with E-state index in [1.165, 1.54) is 15.9 Å². The molecule has 6 aromatic rings. The second kappa shape index (κ2) is 11.0. The number of aromatic nitrogens is 5. The molecule has 0 bridgehead atoms. The molecule has 1 N–H and O–H groups in total. The molecule has 0 radical (unpaired) electrons. The van der Waals surface area contributed by atoms with E-state index in [2.05, 4.69) is 9.97 Å². The van der Waals surface area contributed by atoms with Gasteiger partial charge in [-0.2, -0.15) is 0 Å². The number of aliphatic carboxylic acids is 1. The molecule has 0 fully saturated rings. The highest BCUT2D eigenvalue weighted by atomic mass is 35.5. The molecule has 1 atom stereocenters. The maximum Gasteiger partial charge on any atom is 0.337 e. The van der Waals surface area contributed by atoms with Crippen LogP contribution in [0.5, 0.6) is 0 Å². The molecule has 0 aliphatic rings. The van der Waals surface area contributed by atoms with E-state index < -0.39 is 17.7 Å². The van der Waals surface area contributed by atoms with Gasteiger partial charge in [-0.25, -0.2) is 19.6 Å². The van der Waals surface area contributed by atoms with E-state index in [9.17, 15) is 14.7 Å². The summed E-state index contributed by atoms with van der Waals surface area (Å²) in [6, 6.07) is 15.0. The largest absolute Gasteiger partial charge is 0.479 e. The summed E-state index contributed by atoms with van der Waals surface area (Å²) in [5, 5.41) is 11.7. The van der Waals surface area contributed by atoms with E-state index in [0.717, 1.165) is 43.0 Å². The lowest BCUT2D eigenvalue weighted by Crippen LogP contribution is -2.28. The van der Waals surface area contributed by atoms with Gasteiger partial charge in [0.15, 0.2) is 11.8 Å². The smallest absolute Gasteiger partial charge is 0.337 e. The van der Waals surface area contributed by atoms with Gasteiger partial charge in [-0.1, -0.05) is 23.7 Å². The summed E-state index contributed by atoms with van der Waals surface area (Å²) in [6.07, 6.45) is 2.24. The Morgan fingerprint density at radius 2 is 1.73 bits per heavy atom. The van der Waals surface area contributed by atoms with Crippen LogP contribution in [0.1, 0.15) is 38.0 Å². The fourth-order valence-electron chi connectivity index (χ4n) is 5.39. The average Bonchev–Trinajstić information content (AvgIpc) is 3.50. The summed E-state index contributed by atoms with van der Waals surface area (Å²) in [5.74, 6) is -1.07. The molecule has 4 heterocycles. The summed E-state index contributed by atoms with van der Waals surface area (Å²) in [7, 11) is 3.42. The lowest BCUT2D eigenvalue weighted by atomic mass is 9.91. The van der Waals surface area contributed by atoms with Crippen molar-refractivity contribution in [2.45, 2.75) is 39.4 Å². The molecule has 0 spiro atoms. The first-order valence-corrected chi connectivity index (χ1v) is 15.1. The standard InChI is InChI=1S/C33H30ClN5O4S/c1-17-13-23-28(26(18-7-9-21(34)10-8-18)25(17)27(31(40)41)43-33(2,3)4)44-30(37-23)19-11-12-35-22(14-19)20-15-24-29(36-16-20)39(6)32(42)38(24)5/h7-16,27H,1-6H3,(H,40,41). The normalized spacial score (nSPS) is 12.7. The van der Waals surface area contributed by atoms with Crippen LogP contribution in [0.3, 0.4) is 0 Å². The first kappa shape index (κ1) is 29.7. The summed E-state index contributed by atoms with van der Waals surface area (Å²) in [6.45, 7) is 7.42. The van der Waals surface area contributed by atoms with Crippen molar-refractivity contribution in [2.75, 3.05) is 0 Å². The molecule has 1 unspecified atom stereocenters. The SMILES string of the molecule is Cc1cc2nc(-c3ccnc(-c4cnc5c(c4)n(C)c(=O)n5C)c3)sc2c(-c2ccc(Cl)cc2)c1C(OC(C)(C)C)C(=O)O. The van der Waals surface area contributed by atoms with E-state index in [1.54, 1.807) is 43.2 Å². The first-order chi connectivity index (χ1) is 20.8. The van der Waals surface area contributed by atoms with Crippen LogP contribution in [0.4, 0.5) is 0 Å². The number of hydrogen-bond donors (Lipinski definition) is 1. The van der Waals surface area contributed by atoms with Crippen molar-refractivity contribution in [3.8, 4) is 33.0 Å². The molecule has 0 amide bonds. The number of carboxylic acid groups (broad SMARTS) is 1. The third kappa shape index (κ3) is 5.29. The maximum absolute atomic E-state index is 12.6. The second-order valence-electron chi connectivity index (χ2n) is 11.7. The van der Waals surface area contributed by atoms with E-state index in [1.807, 2.05) is 64.1 Å². The lowest BCUT2D eigenvalue weighted by Gasteiger charge is -2.28. The molecule has 0 saturated carbocycles. The number of pyridine rings is 2. The summed E-state index contributed by atoms with van der Waals surface area (Å²) in [5.41, 5.74) is 6.44. The first-order valence-electron chi connectivity index (χ1n) is 13.9. The van der Waals surface area contributed by atoms with E-state index >= 15 is 0 Å². The van der Waals surface area contributed by atoms with Crippen LogP contribution in [0.2, 0.25) is 5.02 Å². The van der Waals surface area contributed by atoms with Crippen molar-refractivity contribution < 1.29 is 14.6 Å². The van der Waals surface area contributed by atoms with E-state index in [-0.39, 0.29) is 5.69 Å². The average molecular weight is 628 g/mol.